The maximum absolute atomic E-state index is 12.2. The zero-order valence-corrected chi connectivity index (χ0v) is 11.7. The number of amides is 1. The molecule has 0 aromatic heterocycles. The average molecular weight is 296 g/mol. The number of alkyl halides is 1. The lowest BCUT2D eigenvalue weighted by atomic mass is 10.0. The Hall–Kier alpha value is -0.830. The number of nitrogens with zero attached hydrogens (tertiary/aromatic N) is 1. The summed E-state index contributed by atoms with van der Waals surface area (Å²) in [5.41, 5.74) is 1.10. The second-order valence-electron chi connectivity index (χ2n) is 4.74. The Labute approximate surface area is 111 Å². The van der Waals surface area contributed by atoms with Crippen molar-refractivity contribution in [3.05, 3.63) is 35.9 Å². The van der Waals surface area contributed by atoms with E-state index in [4.69, 9.17) is 0 Å². The molecule has 1 saturated heterocycles. The average Bonchev–Trinajstić information content (AvgIpc) is 2.71. The van der Waals surface area contributed by atoms with E-state index in [2.05, 4.69) is 22.9 Å². The highest BCUT2D eigenvalue weighted by Crippen LogP contribution is 2.25. The number of halogens is 1. The first kappa shape index (κ1) is 12.6. The third kappa shape index (κ3) is 2.89. The Morgan fingerprint density at radius 2 is 2.12 bits per heavy atom. The first-order chi connectivity index (χ1) is 8.22. The van der Waals surface area contributed by atoms with Crippen LogP contribution in [0.5, 0.6) is 0 Å². The molecule has 2 atom stereocenters. The molecule has 17 heavy (non-hydrogen) atoms. The van der Waals surface area contributed by atoms with Crippen LogP contribution in [0.2, 0.25) is 0 Å². The van der Waals surface area contributed by atoms with Crippen LogP contribution in [0, 0.1) is 5.92 Å². The first-order valence-electron chi connectivity index (χ1n) is 6.11. The van der Waals surface area contributed by atoms with Crippen LogP contribution in [0.1, 0.15) is 18.9 Å². The van der Waals surface area contributed by atoms with Crippen molar-refractivity contribution >= 4 is 21.8 Å². The summed E-state index contributed by atoms with van der Waals surface area (Å²) in [7, 11) is 0. The zero-order valence-electron chi connectivity index (χ0n) is 10.1. The number of carbonyl (C=O) groups is 1. The molecule has 1 fully saturated rings. The molecule has 2 nitrogen and oxygen atoms in total. The van der Waals surface area contributed by atoms with Gasteiger partial charge in [0, 0.05) is 17.9 Å². The van der Waals surface area contributed by atoms with Crippen LogP contribution >= 0.6 is 15.9 Å². The van der Waals surface area contributed by atoms with Crippen LogP contribution in [0.25, 0.3) is 0 Å². The molecule has 2 rings (SSSR count). The third-order valence-electron chi connectivity index (χ3n) is 3.56. The van der Waals surface area contributed by atoms with E-state index in [1.165, 1.54) is 0 Å². The van der Waals surface area contributed by atoms with E-state index in [9.17, 15) is 4.79 Å². The fourth-order valence-electron chi connectivity index (χ4n) is 2.43. The minimum absolute atomic E-state index is 0.255. The largest absolute Gasteiger partial charge is 0.338 e. The number of carbonyl (C=O) groups excluding carboxylic acids is 1. The normalized spacial score (nSPS) is 24.0. The van der Waals surface area contributed by atoms with Crippen molar-refractivity contribution in [2.24, 2.45) is 5.92 Å². The molecule has 1 amide bonds. The molecule has 0 aliphatic carbocycles. The highest BCUT2D eigenvalue weighted by Gasteiger charge is 2.33. The van der Waals surface area contributed by atoms with Crippen LogP contribution in [-0.4, -0.2) is 28.7 Å². The van der Waals surface area contributed by atoms with E-state index < -0.39 is 0 Å². The maximum Gasteiger partial charge on any atom is 0.227 e. The van der Waals surface area contributed by atoms with Crippen LogP contribution in [-0.2, 0) is 11.2 Å². The molecule has 3 heteroatoms. The van der Waals surface area contributed by atoms with E-state index in [1.807, 2.05) is 35.2 Å². The van der Waals surface area contributed by atoms with Gasteiger partial charge in [-0.05, 0) is 17.9 Å². The van der Waals surface area contributed by atoms with Gasteiger partial charge in [-0.1, -0.05) is 53.2 Å². The molecule has 1 aliphatic rings. The molecule has 1 aromatic carbocycles. The zero-order chi connectivity index (χ0) is 12.3. The maximum atomic E-state index is 12.2. The fourth-order valence-corrected chi connectivity index (χ4v) is 3.41. The Morgan fingerprint density at radius 3 is 2.76 bits per heavy atom. The van der Waals surface area contributed by atoms with E-state index in [1.54, 1.807) is 0 Å². The van der Waals surface area contributed by atoms with E-state index in [0.717, 1.165) is 23.9 Å². The summed E-state index contributed by atoms with van der Waals surface area (Å²) in [5, 5.41) is 0.884. The molecule has 1 aromatic rings. The van der Waals surface area contributed by atoms with Gasteiger partial charge in [-0.25, -0.2) is 0 Å². The molecule has 0 spiro atoms. The summed E-state index contributed by atoms with van der Waals surface area (Å²) in [6.07, 6.45) is 1.65. The predicted octanol–water partition coefficient (Wildman–Crippen LogP) is 2.86. The van der Waals surface area contributed by atoms with Crippen molar-refractivity contribution in [1.82, 2.24) is 4.90 Å². The summed E-state index contributed by atoms with van der Waals surface area (Å²) in [6.45, 7) is 3.13. The fraction of sp³-hybridized carbons (Fsp3) is 0.500. The Bertz CT molecular complexity index is 379. The smallest absolute Gasteiger partial charge is 0.227 e. The van der Waals surface area contributed by atoms with Crippen molar-refractivity contribution in [3.63, 3.8) is 0 Å². The monoisotopic (exact) mass is 295 g/mol. The van der Waals surface area contributed by atoms with Crippen LogP contribution in [0.4, 0.5) is 0 Å². The van der Waals surface area contributed by atoms with Gasteiger partial charge in [0.1, 0.15) is 0 Å². The molecule has 0 radical (unpaired) electrons. The van der Waals surface area contributed by atoms with Crippen LogP contribution in [0.15, 0.2) is 30.3 Å². The van der Waals surface area contributed by atoms with Gasteiger partial charge in [0.15, 0.2) is 0 Å². The quantitative estimate of drug-likeness (QED) is 0.785. The van der Waals surface area contributed by atoms with Gasteiger partial charge in [0.25, 0.3) is 0 Å². The second-order valence-corrected chi connectivity index (χ2v) is 5.38. The molecule has 92 valence electrons. The Kier molecular flexibility index (Phi) is 4.21. The second kappa shape index (κ2) is 5.67. The summed E-state index contributed by atoms with van der Waals surface area (Å²) in [5.74, 6) is 0.860. The molecule has 1 aliphatic heterocycles. The van der Waals surface area contributed by atoms with Crippen molar-refractivity contribution < 1.29 is 4.79 Å². The third-order valence-corrected chi connectivity index (χ3v) is 4.22. The standard InChI is InChI=1S/C14H18BrNO/c1-11-7-8-16(13(11)10-15)14(17)9-12-5-3-2-4-6-12/h2-6,11,13H,7-10H2,1H3. The van der Waals surface area contributed by atoms with Gasteiger partial charge in [-0.3, -0.25) is 4.79 Å². The highest BCUT2D eigenvalue weighted by molar-refractivity contribution is 9.09. The van der Waals surface area contributed by atoms with E-state index in [-0.39, 0.29) is 5.91 Å². The SMILES string of the molecule is CC1CCN(C(=O)Cc2ccccc2)C1CBr. The van der Waals surface area contributed by atoms with E-state index in [0.29, 0.717) is 18.4 Å². The molecule has 0 bridgehead atoms. The number of hydrogen-bond acceptors (Lipinski definition) is 1. The molecular formula is C14H18BrNO. The van der Waals surface area contributed by atoms with Gasteiger partial charge in [-0.15, -0.1) is 0 Å². The number of hydrogen-bond donors (Lipinski definition) is 0. The van der Waals surface area contributed by atoms with Gasteiger partial charge in [0.05, 0.1) is 6.42 Å². The van der Waals surface area contributed by atoms with Gasteiger partial charge in [-0.2, -0.15) is 0 Å². The first-order valence-corrected chi connectivity index (χ1v) is 7.24. The summed E-state index contributed by atoms with van der Waals surface area (Å²) in [4.78, 5) is 14.3. The van der Waals surface area contributed by atoms with Crippen molar-refractivity contribution in [2.75, 3.05) is 11.9 Å². The summed E-state index contributed by atoms with van der Waals surface area (Å²) >= 11 is 3.52. The number of benzene rings is 1. The predicted molar refractivity (Wildman–Crippen MR) is 73.2 cm³/mol. The molecule has 2 unspecified atom stereocenters. The van der Waals surface area contributed by atoms with Crippen molar-refractivity contribution in [3.8, 4) is 0 Å². The Morgan fingerprint density at radius 1 is 1.41 bits per heavy atom. The van der Waals surface area contributed by atoms with Crippen molar-refractivity contribution in [1.29, 1.82) is 0 Å². The Balaban J connectivity index is 2.01. The van der Waals surface area contributed by atoms with Gasteiger partial charge >= 0.3 is 0 Å². The van der Waals surface area contributed by atoms with Crippen LogP contribution < -0.4 is 0 Å². The molecule has 0 N–H and O–H groups in total. The number of likely N-dealkylation sites (tertiary alicyclic amines) is 1. The lowest BCUT2D eigenvalue weighted by molar-refractivity contribution is -0.131. The molecule has 0 saturated carbocycles. The number of rotatable bonds is 3. The molecule has 1 heterocycles. The van der Waals surface area contributed by atoms with Crippen molar-refractivity contribution in [2.45, 2.75) is 25.8 Å². The van der Waals surface area contributed by atoms with Gasteiger partial charge < -0.3 is 4.90 Å². The lowest BCUT2D eigenvalue weighted by Crippen LogP contribution is -2.39. The topological polar surface area (TPSA) is 20.3 Å². The highest BCUT2D eigenvalue weighted by atomic mass is 79.9. The lowest BCUT2D eigenvalue weighted by Gasteiger charge is -2.25. The minimum atomic E-state index is 0.255. The van der Waals surface area contributed by atoms with Gasteiger partial charge in [0.2, 0.25) is 5.91 Å². The van der Waals surface area contributed by atoms with E-state index >= 15 is 0 Å². The summed E-state index contributed by atoms with van der Waals surface area (Å²) < 4.78 is 0. The molecular weight excluding hydrogens is 278 g/mol. The minimum Gasteiger partial charge on any atom is -0.338 e. The summed E-state index contributed by atoms with van der Waals surface area (Å²) in [6, 6.07) is 10.3. The van der Waals surface area contributed by atoms with Crippen LogP contribution in [0.3, 0.4) is 0 Å².